The molecule has 0 saturated carbocycles. The fraction of sp³-hybridized carbons (Fsp3) is 0.0714. The summed E-state index contributed by atoms with van der Waals surface area (Å²) < 4.78 is 0. The van der Waals surface area contributed by atoms with Crippen molar-refractivity contribution in [2.24, 2.45) is 0 Å². The van der Waals surface area contributed by atoms with E-state index in [9.17, 15) is 14.9 Å². The predicted octanol–water partition coefficient (Wildman–Crippen LogP) is 7.16. The molecule has 0 unspecified atom stereocenters. The molecule has 1 N–H and O–H groups in total. The summed E-state index contributed by atoms with van der Waals surface area (Å²) in [5, 5.41) is 14.6. The Kier molecular flexibility index (Phi) is 7.50. The summed E-state index contributed by atoms with van der Waals surface area (Å²) in [4.78, 5) is 33.4. The molecule has 0 saturated heterocycles. The van der Waals surface area contributed by atoms with Crippen LogP contribution in [0.5, 0.6) is 0 Å². The lowest BCUT2D eigenvalue weighted by Gasteiger charge is -2.18. The van der Waals surface area contributed by atoms with Gasteiger partial charge < -0.3 is 4.90 Å². The molecule has 1 aliphatic rings. The number of para-hydroxylation sites is 1. The lowest BCUT2D eigenvalue weighted by atomic mass is 10.0. The third-order valence-electron chi connectivity index (χ3n) is 5.94. The minimum absolute atomic E-state index is 0.0372. The number of amides is 2. The second-order valence-corrected chi connectivity index (χ2v) is 10.7. The number of carbonyl (C=O) groups is 2. The normalized spacial score (nSPS) is 13.7. The van der Waals surface area contributed by atoms with E-state index >= 15 is 0 Å². The molecule has 5 rings (SSSR count). The molecular weight excluding hydrogens is 563 g/mol. The molecule has 6 nitrogen and oxygen atoms in total. The first-order valence-corrected chi connectivity index (χ1v) is 13.3. The van der Waals surface area contributed by atoms with Gasteiger partial charge in [0.1, 0.15) is 11.6 Å². The standard InChI is InChI=1S/C28H17Cl3N4O2S/c29-18-9-10-23(31)17(11-18)12-19-14-33-28(38-19)34-26(36)21(13-32)25-20-6-2-4-8-24(20)35(27(25)37)15-16-5-1-3-7-22(16)30/h1-11,14H,12,15H2,(H,33,34,36). The largest absolute Gasteiger partial charge is 0.303 e. The zero-order valence-corrected chi connectivity index (χ0v) is 22.6. The van der Waals surface area contributed by atoms with E-state index in [1.807, 2.05) is 24.3 Å². The second kappa shape index (κ2) is 11.0. The molecule has 0 atom stereocenters. The van der Waals surface area contributed by atoms with Gasteiger partial charge in [0.05, 0.1) is 17.8 Å². The molecule has 0 radical (unpaired) electrons. The molecule has 1 aliphatic heterocycles. The van der Waals surface area contributed by atoms with Crippen LogP contribution in [0.1, 0.15) is 21.6 Å². The number of nitrogens with one attached hydrogen (secondary N) is 1. The number of anilines is 2. The Hall–Kier alpha value is -3.67. The van der Waals surface area contributed by atoms with Gasteiger partial charge in [0.2, 0.25) is 0 Å². The number of halogens is 3. The molecule has 0 fully saturated rings. The molecule has 188 valence electrons. The number of nitriles is 1. The molecule has 4 aromatic rings. The van der Waals surface area contributed by atoms with Gasteiger partial charge in [0, 0.05) is 38.1 Å². The summed E-state index contributed by atoms with van der Waals surface area (Å²) in [5.74, 6) is -1.17. The maximum absolute atomic E-state index is 13.6. The molecule has 0 spiro atoms. The van der Waals surface area contributed by atoms with Crippen LogP contribution >= 0.6 is 46.1 Å². The first kappa shape index (κ1) is 26.0. The SMILES string of the molecule is N#CC(C(=O)Nc1ncc(Cc2cc(Cl)ccc2Cl)s1)=C1C(=O)N(Cc2ccccc2Cl)c2ccccc21. The maximum Gasteiger partial charge on any atom is 0.268 e. The van der Waals surface area contributed by atoms with Crippen molar-refractivity contribution in [3.05, 3.63) is 115 Å². The Labute approximate surface area is 237 Å². The lowest BCUT2D eigenvalue weighted by molar-refractivity contribution is -0.114. The van der Waals surface area contributed by atoms with Crippen LogP contribution in [0.4, 0.5) is 10.8 Å². The smallest absolute Gasteiger partial charge is 0.268 e. The van der Waals surface area contributed by atoms with Crippen molar-refractivity contribution in [3.8, 4) is 6.07 Å². The average Bonchev–Trinajstić information content (AvgIpc) is 3.45. The summed E-state index contributed by atoms with van der Waals surface area (Å²) in [6.07, 6.45) is 2.10. The third-order valence-corrected chi connectivity index (χ3v) is 7.83. The number of benzene rings is 3. The number of hydrogen-bond acceptors (Lipinski definition) is 5. The summed E-state index contributed by atoms with van der Waals surface area (Å²) >= 11 is 19.9. The highest BCUT2D eigenvalue weighted by Crippen LogP contribution is 2.40. The minimum Gasteiger partial charge on any atom is -0.303 e. The van der Waals surface area contributed by atoms with Gasteiger partial charge in [-0.1, -0.05) is 71.2 Å². The Morgan fingerprint density at radius 3 is 2.53 bits per heavy atom. The average molecular weight is 580 g/mol. The first-order chi connectivity index (χ1) is 18.4. The van der Waals surface area contributed by atoms with Crippen molar-refractivity contribution in [2.45, 2.75) is 13.0 Å². The second-order valence-electron chi connectivity index (χ2n) is 8.36. The van der Waals surface area contributed by atoms with Crippen molar-refractivity contribution in [3.63, 3.8) is 0 Å². The van der Waals surface area contributed by atoms with Gasteiger partial charge in [0.25, 0.3) is 11.8 Å². The summed E-state index contributed by atoms with van der Waals surface area (Å²) in [7, 11) is 0. The highest BCUT2D eigenvalue weighted by molar-refractivity contribution is 7.15. The maximum atomic E-state index is 13.6. The molecule has 10 heteroatoms. The Morgan fingerprint density at radius 1 is 1.00 bits per heavy atom. The molecule has 1 aromatic heterocycles. The number of thiazole rings is 1. The van der Waals surface area contributed by atoms with Crippen molar-refractivity contribution in [2.75, 3.05) is 10.2 Å². The first-order valence-electron chi connectivity index (χ1n) is 11.3. The summed E-state index contributed by atoms with van der Waals surface area (Å²) in [6.45, 7) is 0.196. The van der Waals surface area contributed by atoms with Crippen LogP contribution < -0.4 is 10.2 Å². The van der Waals surface area contributed by atoms with Crippen molar-refractivity contribution in [1.82, 2.24) is 4.98 Å². The van der Waals surface area contributed by atoms with Crippen molar-refractivity contribution in [1.29, 1.82) is 5.26 Å². The third kappa shape index (κ3) is 5.17. The van der Waals surface area contributed by atoms with Crippen LogP contribution in [0.3, 0.4) is 0 Å². The van der Waals surface area contributed by atoms with Crippen LogP contribution in [0, 0.1) is 11.3 Å². The van der Waals surface area contributed by atoms with Crippen molar-refractivity contribution >= 4 is 74.3 Å². The zero-order chi connectivity index (χ0) is 26.8. The number of aromatic nitrogens is 1. The van der Waals surface area contributed by atoms with Crippen LogP contribution in [-0.4, -0.2) is 16.8 Å². The molecule has 0 aliphatic carbocycles. The molecule has 38 heavy (non-hydrogen) atoms. The lowest BCUT2D eigenvalue weighted by Crippen LogP contribution is -2.27. The number of fused-ring (bicyclic) bond motifs is 1. The van der Waals surface area contributed by atoms with Gasteiger partial charge >= 0.3 is 0 Å². The van der Waals surface area contributed by atoms with Crippen LogP contribution in [-0.2, 0) is 22.6 Å². The molecule has 2 heterocycles. The number of rotatable bonds is 6. The number of hydrogen-bond donors (Lipinski definition) is 1. The van der Waals surface area contributed by atoms with Gasteiger partial charge in [-0.25, -0.2) is 4.98 Å². The topological polar surface area (TPSA) is 86.1 Å². The molecule has 0 bridgehead atoms. The van der Waals surface area contributed by atoms with Crippen LogP contribution in [0.25, 0.3) is 5.57 Å². The van der Waals surface area contributed by atoms with Gasteiger partial charge in [0.15, 0.2) is 5.13 Å². The fourth-order valence-electron chi connectivity index (χ4n) is 4.17. The highest BCUT2D eigenvalue weighted by Gasteiger charge is 2.36. The molecular formula is C28H17Cl3N4O2S. The molecule has 3 aromatic carbocycles. The van der Waals surface area contributed by atoms with E-state index in [0.29, 0.717) is 37.9 Å². The van der Waals surface area contributed by atoms with Crippen LogP contribution in [0.2, 0.25) is 15.1 Å². The Bertz CT molecular complexity index is 1660. The highest BCUT2D eigenvalue weighted by atomic mass is 35.5. The van der Waals surface area contributed by atoms with Gasteiger partial charge in [-0.2, -0.15) is 5.26 Å². The Morgan fingerprint density at radius 2 is 1.74 bits per heavy atom. The van der Waals surface area contributed by atoms with Gasteiger partial charge in [-0.05, 0) is 41.5 Å². The van der Waals surface area contributed by atoms with E-state index in [-0.39, 0.29) is 17.7 Å². The monoisotopic (exact) mass is 578 g/mol. The van der Waals surface area contributed by atoms with E-state index in [1.54, 1.807) is 54.7 Å². The minimum atomic E-state index is -0.716. The predicted molar refractivity (Wildman–Crippen MR) is 152 cm³/mol. The number of carbonyl (C=O) groups excluding carboxylic acids is 2. The quantitative estimate of drug-likeness (QED) is 0.194. The summed E-state index contributed by atoms with van der Waals surface area (Å²) in [6, 6.07) is 21.4. The zero-order valence-electron chi connectivity index (χ0n) is 19.5. The van der Waals surface area contributed by atoms with E-state index in [2.05, 4.69) is 10.3 Å². The van der Waals surface area contributed by atoms with Crippen LogP contribution in [0.15, 0.2) is 78.5 Å². The fourth-order valence-corrected chi connectivity index (χ4v) is 5.57. The van der Waals surface area contributed by atoms with E-state index in [1.165, 1.54) is 16.2 Å². The van der Waals surface area contributed by atoms with Crippen molar-refractivity contribution < 1.29 is 9.59 Å². The molecule has 2 amide bonds. The van der Waals surface area contributed by atoms with E-state index < -0.39 is 11.8 Å². The summed E-state index contributed by atoms with van der Waals surface area (Å²) in [5.41, 5.74) is 2.42. The van der Waals surface area contributed by atoms with Gasteiger partial charge in [-0.3, -0.25) is 14.9 Å². The number of nitrogens with zero attached hydrogens (tertiary/aromatic N) is 3. The van der Waals surface area contributed by atoms with E-state index in [4.69, 9.17) is 34.8 Å². The van der Waals surface area contributed by atoms with Gasteiger partial charge in [-0.15, -0.1) is 11.3 Å². The Balaban J connectivity index is 1.42. The van der Waals surface area contributed by atoms with E-state index in [0.717, 1.165) is 16.0 Å².